The van der Waals surface area contributed by atoms with E-state index in [0.29, 0.717) is 24.5 Å². The summed E-state index contributed by atoms with van der Waals surface area (Å²) in [5.41, 5.74) is 1.26. The molecular weight excluding hydrogens is 458 g/mol. The summed E-state index contributed by atoms with van der Waals surface area (Å²) in [5.74, 6) is 1.16. The first-order valence-electron chi connectivity index (χ1n) is 12.6. The molecule has 0 saturated carbocycles. The Morgan fingerprint density at radius 3 is 2.78 bits per heavy atom. The normalized spacial score (nSPS) is 26.8. The van der Waals surface area contributed by atoms with E-state index in [0.717, 1.165) is 42.9 Å². The van der Waals surface area contributed by atoms with Gasteiger partial charge in [-0.3, -0.25) is 4.90 Å². The van der Waals surface area contributed by atoms with E-state index in [1.54, 1.807) is 6.07 Å². The maximum absolute atomic E-state index is 11.2. The molecule has 3 aliphatic rings. The fraction of sp³-hybridized carbons (Fsp3) is 0.414. The van der Waals surface area contributed by atoms with Gasteiger partial charge in [0.1, 0.15) is 34.2 Å². The summed E-state index contributed by atoms with van der Waals surface area (Å²) in [4.78, 5) is 13.7. The SMILES string of the molecule is CC1(C)Oc2ccccc2[C@H]2OC[C@@]3(CCCN3Cc3ccc(-c4ccc(C(=O)O)c(O)c4)o3)C[C@@H]21. The van der Waals surface area contributed by atoms with Crippen molar-refractivity contribution in [2.45, 2.75) is 56.9 Å². The minimum atomic E-state index is -1.16. The second kappa shape index (κ2) is 8.39. The predicted octanol–water partition coefficient (Wildman–Crippen LogP) is 5.63. The first-order valence-corrected chi connectivity index (χ1v) is 12.6. The molecule has 3 atom stereocenters. The third-order valence-electron chi connectivity index (χ3n) is 8.25. The number of carboxylic acids is 1. The van der Waals surface area contributed by atoms with E-state index in [1.165, 1.54) is 12.1 Å². The lowest BCUT2D eigenvalue weighted by molar-refractivity contribution is -0.167. The Kier molecular flexibility index (Phi) is 5.39. The molecule has 7 heteroatoms. The van der Waals surface area contributed by atoms with E-state index in [1.807, 2.05) is 24.3 Å². The van der Waals surface area contributed by atoms with Crippen molar-refractivity contribution in [1.29, 1.82) is 0 Å². The molecule has 3 aromatic rings. The molecule has 0 bridgehead atoms. The lowest BCUT2D eigenvalue weighted by atomic mass is 9.70. The first-order chi connectivity index (χ1) is 17.3. The zero-order chi connectivity index (χ0) is 25.1. The molecule has 0 aliphatic carbocycles. The van der Waals surface area contributed by atoms with Crippen LogP contribution in [-0.2, 0) is 11.3 Å². The Morgan fingerprint density at radius 1 is 1.14 bits per heavy atom. The van der Waals surface area contributed by atoms with Crippen molar-refractivity contribution in [2.24, 2.45) is 5.92 Å². The zero-order valence-electron chi connectivity index (χ0n) is 20.6. The lowest BCUT2D eigenvalue weighted by Gasteiger charge is -2.53. The Hall–Kier alpha value is -3.29. The lowest BCUT2D eigenvalue weighted by Crippen LogP contribution is -2.58. The van der Waals surface area contributed by atoms with E-state index in [2.05, 4.69) is 30.9 Å². The predicted molar refractivity (Wildman–Crippen MR) is 133 cm³/mol. The second-order valence-electron chi connectivity index (χ2n) is 10.8. The van der Waals surface area contributed by atoms with Gasteiger partial charge in [-0.15, -0.1) is 0 Å². The van der Waals surface area contributed by atoms with Gasteiger partial charge in [0, 0.05) is 22.6 Å². The van der Waals surface area contributed by atoms with Crippen LogP contribution in [-0.4, -0.2) is 45.4 Å². The van der Waals surface area contributed by atoms with Crippen LogP contribution < -0.4 is 4.74 Å². The van der Waals surface area contributed by atoms with Gasteiger partial charge in [-0.1, -0.05) is 24.3 Å². The minimum absolute atomic E-state index is 0.0368. The van der Waals surface area contributed by atoms with Crippen molar-refractivity contribution in [3.63, 3.8) is 0 Å². The number of aromatic hydroxyl groups is 1. The van der Waals surface area contributed by atoms with Gasteiger partial charge < -0.3 is 24.1 Å². The van der Waals surface area contributed by atoms with E-state index in [-0.39, 0.29) is 34.5 Å². The van der Waals surface area contributed by atoms with Crippen LogP contribution in [0.15, 0.2) is 59.0 Å². The molecule has 188 valence electrons. The van der Waals surface area contributed by atoms with Crippen molar-refractivity contribution >= 4 is 5.97 Å². The van der Waals surface area contributed by atoms with Crippen LogP contribution >= 0.6 is 0 Å². The summed E-state index contributed by atoms with van der Waals surface area (Å²) in [6.07, 6.45) is 3.22. The molecule has 0 radical (unpaired) electrons. The van der Waals surface area contributed by atoms with Gasteiger partial charge in [-0.05, 0) is 70.0 Å². The monoisotopic (exact) mass is 489 g/mol. The molecule has 1 spiro atoms. The molecule has 2 N–H and O–H groups in total. The van der Waals surface area contributed by atoms with E-state index < -0.39 is 5.97 Å². The molecule has 2 fully saturated rings. The summed E-state index contributed by atoms with van der Waals surface area (Å²) in [5, 5.41) is 19.2. The Labute approximate surface area is 210 Å². The number of para-hydroxylation sites is 1. The molecular formula is C29H31NO6. The maximum atomic E-state index is 11.2. The van der Waals surface area contributed by atoms with Crippen molar-refractivity contribution in [3.05, 3.63) is 71.5 Å². The van der Waals surface area contributed by atoms with E-state index >= 15 is 0 Å². The van der Waals surface area contributed by atoms with Crippen molar-refractivity contribution < 1.29 is 28.9 Å². The van der Waals surface area contributed by atoms with Crippen LogP contribution in [0.4, 0.5) is 0 Å². The minimum Gasteiger partial charge on any atom is -0.507 e. The van der Waals surface area contributed by atoms with Crippen LogP contribution in [0.5, 0.6) is 11.5 Å². The highest BCUT2D eigenvalue weighted by atomic mass is 16.5. The number of nitrogens with zero attached hydrogens (tertiary/aromatic N) is 1. The Bertz CT molecular complexity index is 1310. The molecule has 7 nitrogen and oxygen atoms in total. The van der Waals surface area contributed by atoms with E-state index in [4.69, 9.17) is 19.0 Å². The van der Waals surface area contributed by atoms with Gasteiger partial charge in [0.2, 0.25) is 0 Å². The van der Waals surface area contributed by atoms with Crippen LogP contribution in [0.25, 0.3) is 11.3 Å². The second-order valence-corrected chi connectivity index (χ2v) is 10.8. The molecule has 2 saturated heterocycles. The van der Waals surface area contributed by atoms with Gasteiger partial charge in [0.25, 0.3) is 0 Å². The molecule has 2 aromatic carbocycles. The summed E-state index contributed by atoms with van der Waals surface area (Å²) in [6.45, 7) is 6.66. The van der Waals surface area contributed by atoms with Gasteiger partial charge in [0.15, 0.2) is 0 Å². The number of ether oxygens (including phenoxy) is 2. The summed E-state index contributed by atoms with van der Waals surface area (Å²) >= 11 is 0. The highest BCUT2D eigenvalue weighted by Gasteiger charge is 2.55. The topological polar surface area (TPSA) is 92.4 Å². The molecule has 4 heterocycles. The summed E-state index contributed by atoms with van der Waals surface area (Å²) < 4.78 is 19.2. The van der Waals surface area contributed by atoms with Crippen LogP contribution in [0.1, 0.15) is 60.9 Å². The highest BCUT2D eigenvalue weighted by molar-refractivity contribution is 5.91. The molecule has 0 unspecified atom stereocenters. The fourth-order valence-electron chi connectivity index (χ4n) is 6.33. The number of benzene rings is 2. The van der Waals surface area contributed by atoms with Crippen LogP contribution in [0, 0.1) is 5.92 Å². The Balaban J connectivity index is 1.22. The smallest absolute Gasteiger partial charge is 0.339 e. The Morgan fingerprint density at radius 2 is 1.97 bits per heavy atom. The molecule has 6 rings (SSSR count). The first kappa shape index (κ1) is 23.1. The number of aromatic carboxylic acids is 1. The number of rotatable bonds is 4. The van der Waals surface area contributed by atoms with Crippen LogP contribution in [0.2, 0.25) is 0 Å². The number of carboxylic acid groups (broad SMARTS) is 1. The number of hydrogen-bond donors (Lipinski definition) is 2. The van der Waals surface area contributed by atoms with Crippen molar-refractivity contribution in [1.82, 2.24) is 4.90 Å². The molecule has 0 amide bonds. The fourth-order valence-corrected chi connectivity index (χ4v) is 6.33. The average Bonchev–Trinajstić information content (AvgIpc) is 3.46. The zero-order valence-corrected chi connectivity index (χ0v) is 20.6. The third kappa shape index (κ3) is 3.78. The van der Waals surface area contributed by atoms with Gasteiger partial charge in [0.05, 0.1) is 19.3 Å². The third-order valence-corrected chi connectivity index (χ3v) is 8.25. The standard InChI is InChI=1S/C29H31NO6/c1-28(2)22-15-29(17-34-26(22)21-6-3-4-7-25(21)36-28)12-5-13-30(29)16-19-9-11-24(35-19)18-8-10-20(27(32)33)23(31)14-18/h3-4,6-11,14,22,26,31H,5,12-13,15-17H2,1-2H3,(H,32,33)/t22-,26+,29+/m0/s1. The average molecular weight is 490 g/mol. The van der Waals surface area contributed by atoms with Crippen LogP contribution in [0.3, 0.4) is 0 Å². The number of phenols is 1. The maximum Gasteiger partial charge on any atom is 0.339 e. The highest BCUT2D eigenvalue weighted by Crippen LogP contribution is 2.54. The summed E-state index contributed by atoms with van der Waals surface area (Å²) in [7, 11) is 0. The van der Waals surface area contributed by atoms with Gasteiger partial charge in [-0.2, -0.15) is 0 Å². The number of hydrogen-bond acceptors (Lipinski definition) is 6. The molecule has 36 heavy (non-hydrogen) atoms. The van der Waals surface area contributed by atoms with E-state index in [9.17, 15) is 9.90 Å². The molecule has 3 aliphatic heterocycles. The van der Waals surface area contributed by atoms with Crippen molar-refractivity contribution in [2.75, 3.05) is 13.2 Å². The number of likely N-dealkylation sites (tertiary alicyclic amines) is 1. The molecule has 1 aromatic heterocycles. The number of furan rings is 1. The van der Waals surface area contributed by atoms with Crippen molar-refractivity contribution in [3.8, 4) is 22.8 Å². The summed E-state index contributed by atoms with van der Waals surface area (Å²) in [6, 6.07) is 16.5. The quantitative estimate of drug-likeness (QED) is 0.490. The number of fused-ring (bicyclic) bond motifs is 3. The van der Waals surface area contributed by atoms with Gasteiger partial charge in [-0.25, -0.2) is 4.79 Å². The van der Waals surface area contributed by atoms with Gasteiger partial charge >= 0.3 is 5.97 Å². The largest absolute Gasteiger partial charge is 0.507 e. The number of carbonyl (C=O) groups is 1.